The first-order valence-corrected chi connectivity index (χ1v) is 5.41. The SMILES string of the molecule is CCCCCCCCCCC.[Na]. The summed E-state index contributed by atoms with van der Waals surface area (Å²) in [5.74, 6) is 0. The molecule has 0 aliphatic heterocycles. The van der Waals surface area contributed by atoms with Gasteiger partial charge in [-0.15, -0.1) is 0 Å². The fraction of sp³-hybridized carbons (Fsp3) is 1.00. The number of hydrogen-bond donors (Lipinski definition) is 0. The molecule has 0 bridgehead atoms. The molecule has 0 atom stereocenters. The predicted molar refractivity (Wildman–Crippen MR) is 58.7 cm³/mol. The monoisotopic (exact) mass is 179 g/mol. The van der Waals surface area contributed by atoms with Gasteiger partial charge in [-0.3, -0.25) is 0 Å². The molecule has 0 amide bonds. The van der Waals surface area contributed by atoms with Crippen LogP contribution in [0.15, 0.2) is 0 Å². The maximum atomic E-state index is 2.27. The molecule has 69 valence electrons. The van der Waals surface area contributed by atoms with E-state index in [2.05, 4.69) is 13.8 Å². The van der Waals surface area contributed by atoms with E-state index in [1.807, 2.05) is 0 Å². The summed E-state index contributed by atoms with van der Waals surface area (Å²) < 4.78 is 0. The van der Waals surface area contributed by atoms with Crippen LogP contribution in [0.5, 0.6) is 0 Å². The van der Waals surface area contributed by atoms with Gasteiger partial charge in [0.2, 0.25) is 0 Å². The zero-order chi connectivity index (χ0) is 8.36. The average molecular weight is 179 g/mol. The molecule has 12 heavy (non-hydrogen) atoms. The van der Waals surface area contributed by atoms with E-state index in [0.717, 1.165) is 0 Å². The molecule has 0 spiro atoms. The summed E-state index contributed by atoms with van der Waals surface area (Å²) in [6.45, 7) is 4.55. The Bertz CT molecular complexity index is 54.0. The van der Waals surface area contributed by atoms with Crippen molar-refractivity contribution in [2.75, 3.05) is 0 Å². The van der Waals surface area contributed by atoms with Crippen LogP contribution in [-0.2, 0) is 0 Å². The Balaban J connectivity index is 0. The third kappa shape index (κ3) is 13.6. The molecule has 0 nitrogen and oxygen atoms in total. The zero-order valence-electron chi connectivity index (χ0n) is 9.36. The van der Waals surface area contributed by atoms with Gasteiger partial charge in [-0.2, -0.15) is 0 Å². The van der Waals surface area contributed by atoms with Crippen LogP contribution in [0, 0.1) is 0 Å². The summed E-state index contributed by atoms with van der Waals surface area (Å²) in [6.07, 6.45) is 13.0. The van der Waals surface area contributed by atoms with Gasteiger partial charge < -0.3 is 0 Å². The molecule has 0 fully saturated rings. The average Bonchev–Trinajstić information content (AvgIpc) is 2.03. The van der Waals surface area contributed by atoms with Crippen LogP contribution in [0.3, 0.4) is 0 Å². The van der Waals surface area contributed by atoms with Crippen molar-refractivity contribution in [3.05, 3.63) is 0 Å². The fourth-order valence-electron chi connectivity index (χ4n) is 1.38. The van der Waals surface area contributed by atoms with E-state index in [0.29, 0.717) is 0 Å². The van der Waals surface area contributed by atoms with E-state index in [9.17, 15) is 0 Å². The third-order valence-electron chi connectivity index (χ3n) is 2.21. The molecule has 0 aliphatic carbocycles. The second-order valence-electron chi connectivity index (χ2n) is 3.47. The van der Waals surface area contributed by atoms with Crippen LogP contribution >= 0.6 is 0 Å². The van der Waals surface area contributed by atoms with Gasteiger partial charge in [0.1, 0.15) is 0 Å². The van der Waals surface area contributed by atoms with Crippen molar-refractivity contribution in [2.45, 2.75) is 71.6 Å². The molecule has 1 heteroatoms. The molecule has 0 rings (SSSR count). The van der Waals surface area contributed by atoms with Gasteiger partial charge >= 0.3 is 0 Å². The Morgan fingerprint density at radius 1 is 0.500 bits per heavy atom. The van der Waals surface area contributed by atoms with E-state index in [4.69, 9.17) is 0 Å². The Kier molecular flexibility index (Phi) is 18.7. The standard InChI is InChI=1S/C11H24.Na/c1-3-5-7-9-11-10-8-6-4-2;/h3-11H2,1-2H3;. The molecular formula is C11H24Na. The van der Waals surface area contributed by atoms with Crippen LogP contribution in [0.4, 0.5) is 0 Å². The molecule has 0 N–H and O–H groups in total. The van der Waals surface area contributed by atoms with Gasteiger partial charge in [0.25, 0.3) is 0 Å². The molecule has 1 radical (unpaired) electrons. The molecule has 0 saturated heterocycles. The minimum atomic E-state index is 0. The summed E-state index contributed by atoms with van der Waals surface area (Å²) in [4.78, 5) is 0. The number of unbranched alkanes of at least 4 members (excludes halogenated alkanes) is 8. The van der Waals surface area contributed by atoms with Crippen molar-refractivity contribution in [2.24, 2.45) is 0 Å². The summed E-state index contributed by atoms with van der Waals surface area (Å²) in [5.41, 5.74) is 0. The maximum absolute atomic E-state index is 2.27. The number of rotatable bonds is 8. The van der Waals surface area contributed by atoms with Crippen molar-refractivity contribution >= 4 is 29.6 Å². The van der Waals surface area contributed by atoms with Crippen molar-refractivity contribution in [3.8, 4) is 0 Å². The molecule has 0 saturated carbocycles. The quantitative estimate of drug-likeness (QED) is 0.388. The Labute approximate surface area is 101 Å². The van der Waals surface area contributed by atoms with Crippen molar-refractivity contribution in [1.82, 2.24) is 0 Å². The van der Waals surface area contributed by atoms with Crippen LogP contribution in [0.1, 0.15) is 71.6 Å². The minimum Gasteiger partial charge on any atom is -0.0654 e. The van der Waals surface area contributed by atoms with Gasteiger partial charge in [0, 0.05) is 29.6 Å². The Morgan fingerprint density at radius 3 is 1.00 bits per heavy atom. The zero-order valence-corrected chi connectivity index (χ0v) is 11.4. The van der Waals surface area contributed by atoms with E-state index in [-0.39, 0.29) is 29.6 Å². The fourth-order valence-corrected chi connectivity index (χ4v) is 1.38. The summed E-state index contributed by atoms with van der Waals surface area (Å²) >= 11 is 0. The van der Waals surface area contributed by atoms with Crippen molar-refractivity contribution in [3.63, 3.8) is 0 Å². The maximum Gasteiger partial charge on any atom is 0 e. The predicted octanol–water partition coefficient (Wildman–Crippen LogP) is 4.16. The molecule has 0 aromatic rings. The largest absolute Gasteiger partial charge is 0.0654 e. The van der Waals surface area contributed by atoms with Gasteiger partial charge in [0.15, 0.2) is 0 Å². The normalized spacial score (nSPS) is 9.50. The summed E-state index contributed by atoms with van der Waals surface area (Å²) in [6, 6.07) is 0. The van der Waals surface area contributed by atoms with Gasteiger partial charge in [-0.1, -0.05) is 71.6 Å². The smallest absolute Gasteiger partial charge is 0 e. The Hall–Kier alpha value is 1.00. The van der Waals surface area contributed by atoms with Crippen LogP contribution in [-0.4, -0.2) is 29.6 Å². The first-order valence-electron chi connectivity index (χ1n) is 5.41. The Morgan fingerprint density at radius 2 is 0.750 bits per heavy atom. The van der Waals surface area contributed by atoms with Gasteiger partial charge in [-0.05, 0) is 0 Å². The van der Waals surface area contributed by atoms with Crippen LogP contribution < -0.4 is 0 Å². The summed E-state index contributed by atoms with van der Waals surface area (Å²) in [7, 11) is 0. The van der Waals surface area contributed by atoms with Crippen LogP contribution in [0.25, 0.3) is 0 Å². The molecular weight excluding hydrogens is 155 g/mol. The molecule has 0 aromatic heterocycles. The third-order valence-corrected chi connectivity index (χ3v) is 2.21. The first kappa shape index (κ1) is 15.5. The molecule has 0 heterocycles. The topological polar surface area (TPSA) is 0 Å². The van der Waals surface area contributed by atoms with Crippen molar-refractivity contribution < 1.29 is 0 Å². The van der Waals surface area contributed by atoms with E-state index < -0.39 is 0 Å². The molecule has 0 aliphatic rings. The molecule has 0 unspecified atom stereocenters. The second kappa shape index (κ2) is 14.5. The molecule has 0 aromatic carbocycles. The van der Waals surface area contributed by atoms with Crippen molar-refractivity contribution in [1.29, 1.82) is 0 Å². The van der Waals surface area contributed by atoms with Gasteiger partial charge in [-0.25, -0.2) is 0 Å². The van der Waals surface area contributed by atoms with E-state index in [1.165, 1.54) is 57.8 Å². The first-order chi connectivity index (χ1) is 5.41. The second-order valence-corrected chi connectivity index (χ2v) is 3.47. The minimum absolute atomic E-state index is 0. The summed E-state index contributed by atoms with van der Waals surface area (Å²) in [5, 5.41) is 0. The number of hydrogen-bond acceptors (Lipinski definition) is 0. The van der Waals surface area contributed by atoms with E-state index in [1.54, 1.807) is 0 Å². The van der Waals surface area contributed by atoms with Crippen LogP contribution in [0.2, 0.25) is 0 Å². The van der Waals surface area contributed by atoms with E-state index >= 15 is 0 Å². The van der Waals surface area contributed by atoms with Gasteiger partial charge in [0.05, 0.1) is 0 Å².